The van der Waals surface area contributed by atoms with Crippen molar-refractivity contribution in [2.45, 2.75) is 112 Å². The Bertz CT molecular complexity index is 1160. The van der Waals surface area contributed by atoms with Gasteiger partial charge in [-0.25, -0.2) is 9.78 Å². The third kappa shape index (κ3) is 8.06. The minimum atomic E-state index is -0.474. The molecule has 6 nitrogen and oxygen atoms in total. The molecule has 1 aliphatic heterocycles. The maximum absolute atomic E-state index is 12.7. The molecule has 3 rings (SSSR count). The van der Waals surface area contributed by atoms with E-state index >= 15 is 0 Å². The van der Waals surface area contributed by atoms with Gasteiger partial charge in [0.2, 0.25) is 5.88 Å². The number of ketones is 1. The zero-order valence-electron chi connectivity index (χ0n) is 25.5. The number of carbonyl (C=O) groups is 2. The minimum absolute atomic E-state index is 0.169. The van der Waals surface area contributed by atoms with Crippen LogP contribution in [0.1, 0.15) is 115 Å². The lowest BCUT2D eigenvalue weighted by atomic mass is 9.83. The van der Waals surface area contributed by atoms with Gasteiger partial charge in [-0.3, -0.25) is 4.79 Å². The number of piperidine rings is 1. The molecular formula is C32H48N2O4S. The molecule has 0 aliphatic carbocycles. The van der Waals surface area contributed by atoms with Gasteiger partial charge in [0.1, 0.15) is 5.60 Å². The van der Waals surface area contributed by atoms with Crippen LogP contribution in [0.15, 0.2) is 6.07 Å². The first kappa shape index (κ1) is 31.1. The van der Waals surface area contributed by atoms with Crippen LogP contribution in [0.4, 0.5) is 4.79 Å². The summed E-state index contributed by atoms with van der Waals surface area (Å²) in [6.07, 6.45) is 6.82. The van der Waals surface area contributed by atoms with E-state index < -0.39 is 5.60 Å². The van der Waals surface area contributed by atoms with Crippen LogP contribution >= 0.6 is 11.3 Å². The number of Topliss-reactive ketones (excluding diaryl/α,β-unsaturated/α-hetero) is 1. The highest BCUT2D eigenvalue weighted by Gasteiger charge is 2.32. The van der Waals surface area contributed by atoms with Crippen molar-refractivity contribution in [3.05, 3.63) is 43.8 Å². The molecule has 216 valence electrons. The van der Waals surface area contributed by atoms with Crippen molar-refractivity contribution in [1.29, 1.82) is 0 Å². The Morgan fingerprint density at radius 1 is 1.10 bits per heavy atom. The van der Waals surface area contributed by atoms with Crippen molar-refractivity contribution in [3.8, 4) is 5.88 Å². The Labute approximate surface area is 239 Å². The molecule has 7 heteroatoms. The normalized spacial score (nSPS) is 15.4. The quantitative estimate of drug-likeness (QED) is 0.219. The number of thiophene rings is 1. The largest absolute Gasteiger partial charge is 0.481 e. The maximum Gasteiger partial charge on any atom is 0.410 e. The number of aryl methyl sites for hydroxylation is 3. The fourth-order valence-electron chi connectivity index (χ4n) is 5.85. The van der Waals surface area contributed by atoms with Crippen molar-refractivity contribution in [2.75, 3.05) is 20.2 Å². The lowest BCUT2D eigenvalue weighted by Gasteiger charge is -2.35. The molecule has 0 saturated carbocycles. The van der Waals surface area contributed by atoms with E-state index in [1.807, 2.05) is 43.9 Å². The molecule has 0 aromatic carbocycles. The highest BCUT2D eigenvalue weighted by Crippen LogP contribution is 2.41. The molecule has 1 fully saturated rings. The fraction of sp³-hybridized carbons (Fsp3) is 0.656. The molecule has 0 radical (unpaired) electrons. The Kier molecular flexibility index (Phi) is 10.6. The number of aromatic nitrogens is 1. The van der Waals surface area contributed by atoms with Gasteiger partial charge >= 0.3 is 6.09 Å². The number of rotatable bonds is 10. The van der Waals surface area contributed by atoms with E-state index in [4.69, 9.17) is 9.47 Å². The summed E-state index contributed by atoms with van der Waals surface area (Å²) in [4.78, 5) is 34.1. The zero-order valence-corrected chi connectivity index (χ0v) is 26.3. The first-order valence-corrected chi connectivity index (χ1v) is 15.3. The number of methoxy groups -OCH3 is 1. The van der Waals surface area contributed by atoms with Gasteiger partial charge in [0.05, 0.1) is 7.11 Å². The molecule has 2 aromatic heterocycles. The first-order valence-electron chi connectivity index (χ1n) is 14.4. The van der Waals surface area contributed by atoms with E-state index in [9.17, 15) is 9.59 Å². The second-order valence-corrected chi connectivity index (χ2v) is 13.3. The third-order valence-electron chi connectivity index (χ3n) is 7.88. The highest BCUT2D eigenvalue weighted by atomic mass is 32.1. The van der Waals surface area contributed by atoms with E-state index in [0.717, 1.165) is 80.7 Å². The number of pyridine rings is 1. The predicted molar refractivity (Wildman–Crippen MR) is 160 cm³/mol. The fourth-order valence-corrected chi connectivity index (χ4v) is 7.40. The maximum atomic E-state index is 12.7. The van der Waals surface area contributed by atoms with Crippen LogP contribution in [-0.4, -0.2) is 47.6 Å². The van der Waals surface area contributed by atoms with E-state index in [-0.39, 0.29) is 11.9 Å². The second-order valence-electron chi connectivity index (χ2n) is 12.2. The first-order chi connectivity index (χ1) is 18.3. The molecule has 0 N–H and O–H groups in total. The summed E-state index contributed by atoms with van der Waals surface area (Å²) in [5.74, 6) is 1.78. The SMILES string of the molecule is COc1nc(C)cc(C)c1CCCCCc1sc([C@H](C)C2CCN(C(=O)OC(C)(C)C)CC2)c(C)c1C(C)=O. The molecule has 2 aromatic rings. The van der Waals surface area contributed by atoms with Crippen molar-refractivity contribution >= 4 is 23.2 Å². The van der Waals surface area contributed by atoms with Crippen LogP contribution in [0.2, 0.25) is 0 Å². The topological polar surface area (TPSA) is 68.7 Å². The average molecular weight is 557 g/mol. The number of hydrogen-bond acceptors (Lipinski definition) is 6. The van der Waals surface area contributed by atoms with E-state index in [2.05, 4.69) is 31.8 Å². The number of likely N-dealkylation sites (tertiary alicyclic amines) is 1. The number of carbonyl (C=O) groups excluding carboxylic acids is 2. The summed E-state index contributed by atoms with van der Waals surface area (Å²) in [5, 5.41) is 0. The van der Waals surface area contributed by atoms with Crippen molar-refractivity contribution < 1.29 is 19.1 Å². The molecule has 1 atom stereocenters. The van der Waals surface area contributed by atoms with Crippen LogP contribution in [-0.2, 0) is 17.6 Å². The van der Waals surface area contributed by atoms with E-state index in [1.54, 1.807) is 14.0 Å². The Morgan fingerprint density at radius 2 is 1.74 bits per heavy atom. The Morgan fingerprint density at radius 3 is 2.33 bits per heavy atom. The lowest BCUT2D eigenvalue weighted by Crippen LogP contribution is -2.42. The van der Waals surface area contributed by atoms with Gasteiger partial charge in [-0.15, -0.1) is 11.3 Å². The summed E-state index contributed by atoms with van der Waals surface area (Å²) in [5.41, 5.74) is 5.05. The van der Waals surface area contributed by atoms with Gasteiger partial charge < -0.3 is 14.4 Å². The summed E-state index contributed by atoms with van der Waals surface area (Å²) >= 11 is 1.84. The van der Waals surface area contributed by atoms with E-state index in [0.29, 0.717) is 11.8 Å². The van der Waals surface area contributed by atoms with Crippen LogP contribution in [0.25, 0.3) is 0 Å². The molecule has 0 bridgehead atoms. The van der Waals surface area contributed by atoms with Crippen LogP contribution in [0.5, 0.6) is 5.88 Å². The number of unbranched alkanes of at least 4 members (excludes halogenated alkanes) is 2. The second kappa shape index (κ2) is 13.3. The third-order valence-corrected chi connectivity index (χ3v) is 9.43. The molecule has 1 saturated heterocycles. The van der Waals surface area contributed by atoms with Gasteiger partial charge in [0.15, 0.2) is 5.78 Å². The van der Waals surface area contributed by atoms with Crippen LogP contribution < -0.4 is 4.74 Å². The molecular weight excluding hydrogens is 508 g/mol. The minimum Gasteiger partial charge on any atom is -0.481 e. The number of amides is 1. The number of ether oxygens (including phenoxy) is 2. The molecule has 0 spiro atoms. The van der Waals surface area contributed by atoms with Gasteiger partial charge in [0.25, 0.3) is 0 Å². The van der Waals surface area contributed by atoms with Gasteiger partial charge in [0, 0.05) is 39.7 Å². The summed E-state index contributed by atoms with van der Waals surface area (Å²) in [6, 6.07) is 2.12. The van der Waals surface area contributed by atoms with Crippen LogP contribution in [0.3, 0.4) is 0 Å². The smallest absolute Gasteiger partial charge is 0.410 e. The van der Waals surface area contributed by atoms with Crippen molar-refractivity contribution in [2.24, 2.45) is 5.92 Å². The van der Waals surface area contributed by atoms with Crippen molar-refractivity contribution in [3.63, 3.8) is 0 Å². The summed E-state index contributed by atoms with van der Waals surface area (Å²) in [6.45, 7) is 17.4. The van der Waals surface area contributed by atoms with Gasteiger partial charge in [-0.2, -0.15) is 0 Å². The molecule has 1 amide bonds. The highest BCUT2D eigenvalue weighted by molar-refractivity contribution is 7.12. The monoisotopic (exact) mass is 556 g/mol. The van der Waals surface area contributed by atoms with E-state index in [1.165, 1.54) is 20.9 Å². The molecule has 39 heavy (non-hydrogen) atoms. The number of nitrogens with zero attached hydrogens (tertiary/aromatic N) is 2. The molecule has 3 heterocycles. The molecule has 1 aliphatic rings. The van der Waals surface area contributed by atoms with Crippen LogP contribution in [0, 0.1) is 26.7 Å². The lowest BCUT2D eigenvalue weighted by molar-refractivity contribution is 0.0176. The predicted octanol–water partition coefficient (Wildman–Crippen LogP) is 7.99. The van der Waals surface area contributed by atoms with Gasteiger partial charge in [-0.05, 0) is 116 Å². The van der Waals surface area contributed by atoms with Gasteiger partial charge in [-0.1, -0.05) is 13.3 Å². The summed E-state index contributed by atoms with van der Waals surface area (Å²) < 4.78 is 11.1. The Hall–Kier alpha value is -2.41. The summed E-state index contributed by atoms with van der Waals surface area (Å²) in [7, 11) is 1.69. The molecule has 0 unspecified atom stereocenters. The van der Waals surface area contributed by atoms with Crippen molar-refractivity contribution in [1.82, 2.24) is 9.88 Å². The standard InChI is InChI=1S/C32H48N2O4S/c1-20-19-21(2)33-30(37-9)26(20)13-11-10-12-14-27-28(24(5)35)23(4)29(39-27)22(3)25-15-17-34(18-16-25)31(36)38-32(6,7)8/h19,22,25H,10-18H2,1-9H3/t22-/m1/s1. The number of hydrogen-bond donors (Lipinski definition) is 0. The average Bonchev–Trinajstić information content (AvgIpc) is 3.19. The zero-order chi connectivity index (χ0) is 28.9. The Balaban J connectivity index is 1.59.